The first kappa shape index (κ1) is 18.3. The van der Waals surface area contributed by atoms with Crippen molar-refractivity contribution in [3.05, 3.63) is 59.2 Å². The van der Waals surface area contributed by atoms with Crippen LogP contribution in [0.2, 0.25) is 0 Å². The Morgan fingerprint density at radius 1 is 1.25 bits per heavy atom. The summed E-state index contributed by atoms with van der Waals surface area (Å²) < 4.78 is 31.7. The fourth-order valence-corrected chi connectivity index (χ4v) is 2.56. The molecule has 6 heteroatoms. The molecule has 0 radical (unpaired) electrons. The molecule has 128 valence electrons. The topological polar surface area (TPSA) is 38.3 Å². The number of carbonyl (C=O) groups excluding carboxylic acids is 1. The fourth-order valence-electron chi connectivity index (χ4n) is 2.12. The van der Waals surface area contributed by atoms with E-state index >= 15 is 0 Å². The van der Waals surface area contributed by atoms with E-state index in [0.29, 0.717) is 5.56 Å². The molecule has 0 heterocycles. The normalized spacial score (nSPS) is 11.9. The Morgan fingerprint density at radius 2 is 2.00 bits per heavy atom. The Labute approximate surface area is 144 Å². The Bertz CT molecular complexity index is 737. The SMILES string of the molecule is CSc1ccc(C)c(C(=O)NC(C)COc2ccc(F)cc2F)c1. The lowest BCUT2D eigenvalue weighted by atomic mass is 10.1. The molecule has 2 aromatic carbocycles. The quantitative estimate of drug-likeness (QED) is 0.793. The van der Waals surface area contributed by atoms with E-state index < -0.39 is 11.6 Å². The zero-order valence-electron chi connectivity index (χ0n) is 13.7. The molecule has 0 bridgehead atoms. The van der Waals surface area contributed by atoms with Crippen molar-refractivity contribution in [2.24, 2.45) is 0 Å². The summed E-state index contributed by atoms with van der Waals surface area (Å²) in [4.78, 5) is 13.4. The van der Waals surface area contributed by atoms with E-state index in [2.05, 4.69) is 5.32 Å². The molecule has 0 aliphatic rings. The molecule has 24 heavy (non-hydrogen) atoms. The van der Waals surface area contributed by atoms with E-state index in [1.165, 1.54) is 6.07 Å². The van der Waals surface area contributed by atoms with E-state index in [4.69, 9.17) is 4.74 Å². The highest BCUT2D eigenvalue weighted by Gasteiger charge is 2.14. The number of aryl methyl sites for hydroxylation is 1. The van der Waals surface area contributed by atoms with Crippen molar-refractivity contribution in [3.8, 4) is 5.75 Å². The van der Waals surface area contributed by atoms with Gasteiger partial charge in [0.05, 0.1) is 6.04 Å². The number of hydrogen-bond donors (Lipinski definition) is 1. The van der Waals surface area contributed by atoms with Crippen molar-refractivity contribution >= 4 is 17.7 Å². The van der Waals surface area contributed by atoms with Crippen LogP contribution in [-0.2, 0) is 0 Å². The third-order valence-electron chi connectivity index (χ3n) is 3.45. The third-order valence-corrected chi connectivity index (χ3v) is 4.17. The number of hydrogen-bond acceptors (Lipinski definition) is 3. The van der Waals surface area contributed by atoms with Crippen molar-refractivity contribution in [1.29, 1.82) is 0 Å². The van der Waals surface area contributed by atoms with Gasteiger partial charge in [-0.05, 0) is 49.9 Å². The van der Waals surface area contributed by atoms with Crippen LogP contribution in [0.4, 0.5) is 8.78 Å². The van der Waals surface area contributed by atoms with E-state index in [1.807, 2.05) is 31.4 Å². The van der Waals surface area contributed by atoms with Crippen LogP contribution in [0.15, 0.2) is 41.3 Å². The number of thioether (sulfide) groups is 1. The lowest BCUT2D eigenvalue weighted by Gasteiger charge is -2.16. The maximum Gasteiger partial charge on any atom is 0.251 e. The van der Waals surface area contributed by atoms with Gasteiger partial charge in [0, 0.05) is 16.5 Å². The van der Waals surface area contributed by atoms with Gasteiger partial charge in [0.15, 0.2) is 11.6 Å². The molecule has 1 atom stereocenters. The summed E-state index contributed by atoms with van der Waals surface area (Å²) in [6, 6.07) is 8.47. The zero-order valence-corrected chi connectivity index (χ0v) is 14.5. The highest BCUT2D eigenvalue weighted by atomic mass is 32.2. The minimum atomic E-state index is -0.767. The average Bonchev–Trinajstić information content (AvgIpc) is 2.54. The van der Waals surface area contributed by atoms with Crippen LogP contribution in [0.3, 0.4) is 0 Å². The highest BCUT2D eigenvalue weighted by Crippen LogP contribution is 2.20. The van der Waals surface area contributed by atoms with Gasteiger partial charge in [-0.3, -0.25) is 4.79 Å². The van der Waals surface area contributed by atoms with Gasteiger partial charge in [-0.15, -0.1) is 11.8 Å². The van der Waals surface area contributed by atoms with Gasteiger partial charge in [-0.1, -0.05) is 6.07 Å². The lowest BCUT2D eigenvalue weighted by Crippen LogP contribution is -2.37. The number of ether oxygens (including phenoxy) is 1. The van der Waals surface area contributed by atoms with Gasteiger partial charge < -0.3 is 10.1 Å². The summed E-state index contributed by atoms with van der Waals surface area (Å²) in [5.74, 6) is -1.68. The maximum atomic E-state index is 13.5. The van der Waals surface area contributed by atoms with Gasteiger partial charge >= 0.3 is 0 Å². The molecule has 0 saturated carbocycles. The summed E-state index contributed by atoms with van der Waals surface area (Å²) in [5, 5.41) is 2.82. The van der Waals surface area contributed by atoms with Crippen molar-refractivity contribution < 1.29 is 18.3 Å². The second-order valence-corrected chi connectivity index (χ2v) is 6.32. The number of halogens is 2. The Balaban J connectivity index is 1.96. The Morgan fingerprint density at radius 3 is 2.67 bits per heavy atom. The van der Waals surface area contributed by atoms with Gasteiger partial charge in [0.2, 0.25) is 0 Å². The molecule has 3 nitrogen and oxygen atoms in total. The zero-order chi connectivity index (χ0) is 17.7. The van der Waals surface area contributed by atoms with Gasteiger partial charge in [-0.2, -0.15) is 0 Å². The largest absolute Gasteiger partial charge is 0.488 e. The molecule has 0 aromatic heterocycles. The second-order valence-electron chi connectivity index (χ2n) is 5.44. The molecule has 1 N–H and O–H groups in total. The molecule has 0 fully saturated rings. The molecule has 0 aliphatic heterocycles. The monoisotopic (exact) mass is 351 g/mol. The molecule has 0 saturated heterocycles. The van der Waals surface area contributed by atoms with Gasteiger partial charge in [0.25, 0.3) is 5.91 Å². The molecule has 0 spiro atoms. The van der Waals surface area contributed by atoms with E-state index in [0.717, 1.165) is 22.6 Å². The summed E-state index contributed by atoms with van der Waals surface area (Å²) in [6.45, 7) is 3.71. The van der Waals surface area contributed by atoms with E-state index in [9.17, 15) is 13.6 Å². The molecule has 2 rings (SSSR count). The number of carbonyl (C=O) groups is 1. The number of benzene rings is 2. The highest BCUT2D eigenvalue weighted by molar-refractivity contribution is 7.98. The molecule has 0 aliphatic carbocycles. The van der Waals surface area contributed by atoms with E-state index in [1.54, 1.807) is 18.7 Å². The fraction of sp³-hybridized carbons (Fsp3) is 0.278. The van der Waals surface area contributed by atoms with Crippen molar-refractivity contribution in [2.75, 3.05) is 12.9 Å². The summed E-state index contributed by atoms with van der Waals surface area (Å²) in [7, 11) is 0. The molecule has 2 aromatic rings. The first-order valence-corrected chi connectivity index (χ1v) is 8.66. The summed E-state index contributed by atoms with van der Waals surface area (Å²) >= 11 is 1.56. The minimum Gasteiger partial charge on any atom is -0.488 e. The van der Waals surface area contributed by atoms with Crippen LogP contribution < -0.4 is 10.1 Å². The number of nitrogens with one attached hydrogen (secondary N) is 1. The van der Waals surface area contributed by atoms with Crippen LogP contribution in [0, 0.1) is 18.6 Å². The standard InChI is InChI=1S/C18H19F2NO2S/c1-11-4-6-14(24-3)9-15(11)18(22)21-12(2)10-23-17-7-5-13(19)8-16(17)20/h4-9,12H,10H2,1-3H3,(H,21,22). The molecular weight excluding hydrogens is 332 g/mol. The smallest absolute Gasteiger partial charge is 0.251 e. The maximum absolute atomic E-state index is 13.5. The number of amides is 1. The molecular formula is C18H19F2NO2S. The van der Waals surface area contributed by atoms with Crippen LogP contribution in [0.5, 0.6) is 5.75 Å². The Kier molecular flexibility index (Phi) is 6.20. The van der Waals surface area contributed by atoms with Crippen LogP contribution in [0.1, 0.15) is 22.8 Å². The Hall–Kier alpha value is -2.08. The first-order chi connectivity index (χ1) is 11.4. The van der Waals surface area contributed by atoms with Crippen LogP contribution >= 0.6 is 11.8 Å². The van der Waals surface area contributed by atoms with Crippen molar-refractivity contribution in [1.82, 2.24) is 5.32 Å². The minimum absolute atomic E-state index is 0.0435. The van der Waals surface area contributed by atoms with E-state index in [-0.39, 0.29) is 24.3 Å². The second kappa shape index (κ2) is 8.15. The third kappa shape index (κ3) is 4.71. The van der Waals surface area contributed by atoms with Crippen molar-refractivity contribution in [3.63, 3.8) is 0 Å². The molecule has 1 unspecified atom stereocenters. The van der Waals surface area contributed by atoms with Crippen LogP contribution in [0.25, 0.3) is 0 Å². The average molecular weight is 351 g/mol. The van der Waals surface area contributed by atoms with Gasteiger partial charge in [-0.25, -0.2) is 8.78 Å². The van der Waals surface area contributed by atoms with Crippen LogP contribution in [-0.4, -0.2) is 24.8 Å². The number of rotatable bonds is 6. The van der Waals surface area contributed by atoms with Gasteiger partial charge in [0.1, 0.15) is 12.4 Å². The first-order valence-electron chi connectivity index (χ1n) is 7.44. The lowest BCUT2D eigenvalue weighted by molar-refractivity contribution is 0.0925. The summed E-state index contributed by atoms with van der Waals surface area (Å²) in [6.07, 6.45) is 1.94. The predicted octanol–water partition coefficient (Wildman–Crippen LogP) is 4.19. The van der Waals surface area contributed by atoms with Crippen molar-refractivity contribution in [2.45, 2.75) is 24.8 Å². The summed E-state index contributed by atoms with van der Waals surface area (Å²) in [5.41, 5.74) is 1.48. The molecule has 1 amide bonds. The predicted molar refractivity (Wildman–Crippen MR) is 91.7 cm³/mol.